The molecule has 38 heavy (non-hydrogen) atoms. The predicted molar refractivity (Wildman–Crippen MR) is 146 cm³/mol. The van der Waals surface area contributed by atoms with E-state index < -0.39 is 5.41 Å². The summed E-state index contributed by atoms with van der Waals surface area (Å²) in [7, 11) is 0. The van der Waals surface area contributed by atoms with Crippen LogP contribution in [0.15, 0.2) is 41.9 Å². The molecule has 2 aromatic heterocycles. The molecule has 1 atom stereocenters. The number of ether oxygens (including phenoxy) is 1. The first-order valence-corrected chi connectivity index (χ1v) is 14.2. The van der Waals surface area contributed by atoms with Crippen LogP contribution in [0.2, 0.25) is 0 Å². The molecule has 0 radical (unpaired) electrons. The normalized spacial score (nSPS) is 19.5. The minimum atomic E-state index is -0.822. The number of hydrogen-bond donors (Lipinski definition) is 1. The fraction of sp³-hybridized carbons (Fsp3) is 0.464. The molecule has 1 aromatic carbocycles. The minimum absolute atomic E-state index is 0.0989. The zero-order chi connectivity index (χ0) is 26.3. The van der Waals surface area contributed by atoms with Gasteiger partial charge in [-0.1, -0.05) is 43.4 Å². The molecule has 0 unspecified atom stereocenters. The fourth-order valence-corrected chi connectivity index (χ4v) is 6.39. The molecule has 5 heterocycles. The number of para-hydroxylation sites is 1. The highest BCUT2D eigenvalue weighted by Crippen LogP contribution is 2.52. The molecule has 0 bridgehead atoms. The van der Waals surface area contributed by atoms with Gasteiger partial charge in [0.2, 0.25) is 22.8 Å². The van der Waals surface area contributed by atoms with Crippen LogP contribution in [0.5, 0.6) is 11.6 Å². The van der Waals surface area contributed by atoms with Crippen LogP contribution in [0.3, 0.4) is 0 Å². The molecule has 9 nitrogen and oxygen atoms in total. The average molecular weight is 533 g/mol. The third-order valence-electron chi connectivity index (χ3n) is 8.10. The molecule has 3 aliphatic rings. The van der Waals surface area contributed by atoms with Crippen molar-refractivity contribution in [2.45, 2.75) is 45.4 Å². The lowest BCUT2D eigenvalue weighted by Gasteiger charge is -2.38. The van der Waals surface area contributed by atoms with Crippen LogP contribution < -0.4 is 15.0 Å². The fourth-order valence-electron chi connectivity index (χ4n) is 5.95. The summed E-state index contributed by atoms with van der Waals surface area (Å²) in [5, 5.41) is 11.2. The van der Waals surface area contributed by atoms with Gasteiger partial charge in [0.15, 0.2) is 0 Å². The lowest BCUT2D eigenvalue weighted by Crippen LogP contribution is -2.42. The number of fused-ring (bicyclic) bond motifs is 2. The van der Waals surface area contributed by atoms with Crippen molar-refractivity contribution in [2.75, 3.05) is 36.4 Å². The number of likely N-dealkylation sites (tertiary alicyclic amines) is 1. The summed E-state index contributed by atoms with van der Waals surface area (Å²) in [6.45, 7) is 7.25. The van der Waals surface area contributed by atoms with Crippen LogP contribution in [-0.4, -0.2) is 58.1 Å². The molecule has 10 heteroatoms. The third-order valence-corrected chi connectivity index (χ3v) is 8.70. The average Bonchev–Trinajstić information content (AvgIpc) is 3.66. The van der Waals surface area contributed by atoms with Gasteiger partial charge in [0.1, 0.15) is 17.1 Å². The van der Waals surface area contributed by atoms with Gasteiger partial charge in [-0.05, 0) is 43.9 Å². The number of aromatic nitrogens is 3. The van der Waals surface area contributed by atoms with Gasteiger partial charge in [-0.15, -0.1) is 10.2 Å². The summed E-state index contributed by atoms with van der Waals surface area (Å²) < 4.78 is 6.30. The van der Waals surface area contributed by atoms with Gasteiger partial charge in [-0.3, -0.25) is 9.59 Å². The molecule has 0 spiro atoms. The minimum Gasteiger partial charge on any atom is -0.438 e. The van der Waals surface area contributed by atoms with Gasteiger partial charge < -0.3 is 19.9 Å². The second-order valence-electron chi connectivity index (χ2n) is 10.9. The molecule has 2 fully saturated rings. The predicted octanol–water partition coefficient (Wildman–Crippen LogP) is 4.67. The Morgan fingerprint density at radius 1 is 1.03 bits per heavy atom. The number of carbonyl (C=O) groups is 2. The highest BCUT2D eigenvalue weighted by molar-refractivity contribution is 7.13. The number of benzene rings is 1. The zero-order valence-electron chi connectivity index (χ0n) is 21.7. The maximum absolute atomic E-state index is 13.5. The van der Waals surface area contributed by atoms with Crippen molar-refractivity contribution in [2.24, 2.45) is 11.3 Å². The Morgan fingerprint density at radius 2 is 1.79 bits per heavy atom. The van der Waals surface area contributed by atoms with Crippen LogP contribution in [0, 0.1) is 11.3 Å². The first-order valence-electron chi connectivity index (χ1n) is 13.3. The van der Waals surface area contributed by atoms with Crippen molar-refractivity contribution < 1.29 is 14.3 Å². The van der Waals surface area contributed by atoms with E-state index in [2.05, 4.69) is 20.4 Å². The number of rotatable bonds is 5. The van der Waals surface area contributed by atoms with Crippen LogP contribution in [0.25, 0.3) is 0 Å². The Bertz CT molecular complexity index is 1330. The number of amides is 2. The smallest absolute Gasteiger partial charge is 0.232 e. The van der Waals surface area contributed by atoms with Crippen molar-refractivity contribution in [3.05, 3.63) is 53.0 Å². The monoisotopic (exact) mass is 532 g/mol. The van der Waals surface area contributed by atoms with Gasteiger partial charge in [-0.2, -0.15) is 4.98 Å². The summed E-state index contributed by atoms with van der Waals surface area (Å²) in [5.74, 6) is 2.08. The van der Waals surface area contributed by atoms with Gasteiger partial charge in [-0.25, -0.2) is 0 Å². The summed E-state index contributed by atoms with van der Waals surface area (Å²) in [5.41, 5.74) is 2.60. The SMILES string of the molecule is CC(C)(C(=O)Nc1nncs1)[C@H]1c2ccccc2Oc2nc(N3CCC(C(=O)N4CCCC4)CC3)ccc21. The molecular formula is C28H32N6O3S. The van der Waals surface area contributed by atoms with E-state index in [1.807, 2.05) is 55.1 Å². The van der Waals surface area contributed by atoms with Crippen LogP contribution in [0.4, 0.5) is 10.9 Å². The zero-order valence-corrected chi connectivity index (χ0v) is 22.5. The van der Waals surface area contributed by atoms with E-state index in [1.54, 1.807) is 5.51 Å². The quantitative estimate of drug-likeness (QED) is 0.509. The third kappa shape index (κ3) is 4.51. The van der Waals surface area contributed by atoms with E-state index in [9.17, 15) is 9.59 Å². The van der Waals surface area contributed by atoms with Gasteiger partial charge >= 0.3 is 0 Å². The van der Waals surface area contributed by atoms with Crippen molar-refractivity contribution in [3.63, 3.8) is 0 Å². The molecule has 198 valence electrons. The number of nitrogens with one attached hydrogen (secondary N) is 1. The Morgan fingerprint density at radius 3 is 2.53 bits per heavy atom. The number of anilines is 2. The molecule has 2 saturated heterocycles. The Labute approximate surface area is 226 Å². The highest BCUT2D eigenvalue weighted by Gasteiger charge is 2.44. The molecular weight excluding hydrogens is 500 g/mol. The molecule has 3 aromatic rings. The van der Waals surface area contributed by atoms with E-state index in [0.717, 1.165) is 68.8 Å². The van der Waals surface area contributed by atoms with E-state index in [0.29, 0.717) is 22.7 Å². The van der Waals surface area contributed by atoms with Crippen LogP contribution in [-0.2, 0) is 9.59 Å². The molecule has 3 aliphatic heterocycles. The summed E-state index contributed by atoms with van der Waals surface area (Å²) in [4.78, 5) is 35.6. The Kier molecular flexibility index (Phi) is 6.51. The highest BCUT2D eigenvalue weighted by atomic mass is 32.1. The largest absolute Gasteiger partial charge is 0.438 e. The van der Waals surface area contributed by atoms with Gasteiger partial charge in [0, 0.05) is 49.1 Å². The Hall–Kier alpha value is -3.53. The Balaban J connectivity index is 1.25. The van der Waals surface area contributed by atoms with E-state index in [1.165, 1.54) is 11.3 Å². The van der Waals surface area contributed by atoms with Crippen LogP contribution in [0.1, 0.15) is 56.6 Å². The van der Waals surface area contributed by atoms with E-state index in [-0.39, 0.29) is 17.7 Å². The maximum atomic E-state index is 13.5. The van der Waals surface area contributed by atoms with E-state index in [4.69, 9.17) is 9.72 Å². The second-order valence-corrected chi connectivity index (χ2v) is 11.7. The van der Waals surface area contributed by atoms with E-state index >= 15 is 0 Å². The molecule has 0 saturated carbocycles. The van der Waals surface area contributed by atoms with Crippen molar-refractivity contribution in [1.29, 1.82) is 0 Å². The van der Waals surface area contributed by atoms with Crippen molar-refractivity contribution in [3.8, 4) is 11.6 Å². The van der Waals surface area contributed by atoms with Gasteiger partial charge in [0.25, 0.3) is 0 Å². The lowest BCUT2D eigenvalue weighted by molar-refractivity contribution is -0.135. The molecule has 1 N–H and O–H groups in total. The maximum Gasteiger partial charge on any atom is 0.232 e. The number of pyridine rings is 1. The van der Waals surface area contributed by atoms with Crippen molar-refractivity contribution >= 4 is 34.1 Å². The second kappa shape index (κ2) is 9.98. The summed E-state index contributed by atoms with van der Waals surface area (Å²) in [6.07, 6.45) is 3.90. The van der Waals surface area contributed by atoms with Crippen molar-refractivity contribution in [1.82, 2.24) is 20.1 Å². The molecule has 6 rings (SSSR count). The number of piperidine rings is 1. The van der Waals surface area contributed by atoms with Crippen LogP contribution >= 0.6 is 11.3 Å². The number of hydrogen-bond acceptors (Lipinski definition) is 8. The summed E-state index contributed by atoms with van der Waals surface area (Å²) in [6, 6.07) is 11.9. The standard InChI is InChI=1S/C28H32N6O3S/c1-28(2,26(36)31-27-32-29-17-38-27)23-19-7-3-4-8-21(19)37-24-20(23)9-10-22(30-24)33-15-11-18(12-16-33)25(35)34-13-5-6-14-34/h3-4,7-10,17-18,23H,5-6,11-16H2,1-2H3,(H,31,32,36)/t23-/m0/s1. The summed E-state index contributed by atoms with van der Waals surface area (Å²) >= 11 is 1.29. The lowest BCUT2D eigenvalue weighted by atomic mass is 9.70. The topological polar surface area (TPSA) is 101 Å². The molecule has 0 aliphatic carbocycles. The first kappa shape index (κ1) is 24.8. The number of carbonyl (C=O) groups excluding carboxylic acids is 2. The first-order chi connectivity index (χ1) is 18.4. The molecule has 2 amide bonds. The van der Waals surface area contributed by atoms with Gasteiger partial charge in [0.05, 0.1) is 5.41 Å². The number of nitrogens with zero attached hydrogens (tertiary/aromatic N) is 5.